The quantitative estimate of drug-likeness (QED) is 0.911. The fraction of sp³-hybridized carbons (Fsp3) is 0.154. The molecule has 2 rings (SSSR count). The van der Waals surface area contributed by atoms with Gasteiger partial charge in [-0.2, -0.15) is 11.3 Å². The van der Waals surface area contributed by atoms with E-state index in [4.69, 9.17) is 5.73 Å². The van der Waals surface area contributed by atoms with Gasteiger partial charge < -0.3 is 5.73 Å². The molecule has 0 fully saturated rings. The molecule has 0 aliphatic carbocycles. The second kappa shape index (κ2) is 5.93. The maximum Gasteiger partial charge on any atom is 0.230 e. The van der Waals surface area contributed by atoms with Crippen molar-refractivity contribution in [3.63, 3.8) is 0 Å². The summed E-state index contributed by atoms with van der Waals surface area (Å²) in [6.45, 7) is 0. The molecular weight excluding hydrogens is 266 g/mol. The Labute approximate surface area is 112 Å². The first-order valence-electron chi connectivity index (χ1n) is 5.40. The first-order chi connectivity index (χ1) is 8.65. The number of carbonyl (C=O) groups excluding carboxylic acids is 1. The number of carbonyl (C=O) groups is 1. The molecule has 5 heteroatoms. The SMILES string of the molecule is NC(=O)CS(=O)Cc1cccc(-c2ccsc2)c1. The molecule has 1 aromatic carbocycles. The minimum Gasteiger partial charge on any atom is -0.369 e. The monoisotopic (exact) mass is 279 g/mol. The van der Waals surface area contributed by atoms with Gasteiger partial charge in [0.05, 0.1) is 0 Å². The molecule has 18 heavy (non-hydrogen) atoms. The normalized spacial score (nSPS) is 12.2. The van der Waals surface area contributed by atoms with E-state index in [1.807, 2.05) is 35.7 Å². The average molecular weight is 279 g/mol. The maximum atomic E-state index is 11.6. The Hall–Kier alpha value is -1.46. The van der Waals surface area contributed by atoms with Crippen molar-refractivity contribution in [1.29, 1.82) is 0 Å². The average Bonchev–Trinajstić information content (AvgIpc) is 2.81. The fourth-order valence-corrected chi connectivity index (χ4v) is 3.30. The van der Waals surface area contributed by atoms with Gasteiger partial charge in [0.2, 0.25) is 5.91 Å². The van der Waals surface area contributed by atoms with Crippen LogP contribution in [0.25, 0.3) is 11.1 Å². The van der Waals surface area contributed by atoms with E-state index >= 15 is 0 Å². The van der Waals surface area contributed by atoms with Crippen molar-refractivity contribution in [1.82, 2.24) is 0 Å². The van der Waals surface area contributed by atoms with Crippen molar-refractivity contribution in [2.24, 2.45) is 5.73 Å². The molecule has 0 bridgehead atoms. The smallest absolute Gasteiger partial charge is 0.230 e. The minimum atomic E-state index is -1.23. The molecule has 2 N–H and O–H groups in total. The third-order valence-corrected chi connectivity index (χ3v) is 4.36. The lowest BCUT2D eigenvalue weighted by atomic mass is 10.1. The molecule has 94 valence electrons. The van der Waals surface area contributed by atoms with Crippen LogP contribution in [0.5, 0.6) is 0 Å². The van der Waals surface area contributed by atoms with Gasteiger partial charge in [0.25, 0.3) is 0 Å². The highest BCUT2D eigenvalue weighted by molar-refractivity contribution is 7.84. The van der Waals surface area contributed by atoms with Crippen LogP contribution in [-0.2, 0) is 21.3 Å². The number of hydrogen-bond acceptors (Lipinski definition) is 3. The van der Waals surface area contributed by atoms with E-state index in [0.717, 1.165) is 16.7 Å². The largest absolute Gasteiger partial charge is 0.369 e. The summed E-state index contributed by atoms with van der Waals surface area (Å²) < 4.78 is 11.6. The molecule has 2 aromatic rings. The van der Waals surface area contributed by atoms with E-state index < -0.39 is 16.7 Å². The van der Waals surface area contributed by atoms with Gasteiger partial charge in [0.15, 0.2) is 0 Å². The van der Waals surface area contributed by atoms with Crippen LogP contribution in [0.3, 0.4) is 0 Å². The van der Waals surface area contributed by atoms with Crippen molar-refractivity contribution in [3.05, 3.63) is 46.7 Å². The molecule has 3 nitrogen and oxygen atoms in total. The van der Waals surface area contributed by atoms with Gasteiger partial charge in [-0.3, -0.25) is 9.00 Å². The van der Waals surface area contributed by atoms with Crippen LogP contribution in [0.15, 0.2) is 41.1 Å². The molecule has 0 aliphatic heterocycles. The molecule has 0 radical (unpaired) electrons. The van der Waals surface area contributed by atoms with Gasteiger partial charge in [-0.15, -0.1) is 0 Å². The number of benzene rings is 1. The van der Waals surface area contributed by atoms with Gasteiger partial charge in [-0.25, -0.2) is 0 Å². The molecule has 1 aromatic heterocycles. The maximum absolute atomic E-state index is 11.6. The van der Waals surface area contributed by atoms with Crippen LogP contribution in [0, 0.1) is 0 Å². The lowest BCUT2D eigenvalue weighted by Gasteiger charge is -2.03. The summed E-state index contributed by atoms with van der Waals surface area (Å²) in [7, 11) is -1.23. The molecule has 0 spiro atoms. The van der Waals surface area contributed by atoms with Gasteiger partial charge in [0.1, 0.15) is 5.75 Å². The second-order valence-electron chi connectivity index (χ2n) is 3.91. The summed E-state index contributed by atoms with van der Waals surface area (Å²) >= 11 is 1.64. The highest BCUT2D eigenvalue weighted by Crippen LogP contribution is 2.23. The van der Waals surface area contributed by atoms with E-state index in [0.29, 0.717) is 5.75 Å². The summed E-state index contributed by atoms with van der Waals surface area (Å²) in [5.74, 6) is -0.244. The Balaban J connectivity index is 2.13. The van der Waals surface area contributed by atoms with Crippen LogP contribution < -0.4 is 5.73 Å². The Morgan fingerprint density at radius 2 is 2.11 bits per heavy atom. The number of thiophene rings is 1. The summed E-state index contributed by atoms with van der Waals surface area (Å²) in [5.41, 5.74) is 8.24. The molecule has 1 heterocycles. The molecule has 0 aliphatic rings. The minimum absolute atomic E-state index is 0.0807. The van der Waals surface area contributed by atoms with E-state index in [9.17, 15) is 9.00 Å². The molecule has 1 amide bonds. The Kier molecular flexibility index (Phi) is 4.28. The number of rotatable bonds is 5. The van der Waals surface area contributed by atoms with Crippen molar-refractivity contribution in [2.45, 2.75) is 5.75 Å². The topological polar surface area (TPSA) is 60.2 Å². The highest BCUT2D eigenvalue weighted by Gasteiger charge is 2.06. The lowest BCUT2D eigenvalue weighted by molar-refractivity contribution is -0.115. The first-order valence-corrected chi connectivity index (χ1v) is 7.83. The predicted octanol–water partition coefficient (Wildman–Crippen LogP) is 2.15. The highest BCUT2D eigenvalue weighted by atomic mass is 32.2. The first kappa shape index (κ1) is 13.0. The number of amides is 1. The number of nitrogens with two attached hydrogens (primary N) is 1. The van der Waals surface area contributed by atoms with Gasteiger partial charge in [-0.05, 0) is 33.5 Å². The Morgan fingerprint density at radius 1 is 1.28 bits per heavy atom. The van der Waals surface area contributed by atoms with E-state index in [1.165, 1.54) is 0 Å². The molecular formula is C13H13NO2S2. The van der Waals surface area contributed by atoms with Crippen molar-refractivity contribution >= 4 is 28.0 Å². The third-order valence-electron chi connectivity index (χ3n) is 2.41. The Bertz CT molecular complexity index is 564. The zero-order valence-electron chi connectivity index (χ0n) is 9.67. The standard InChI is InChI=1S/C13H13NO2S2/c14-13(15)9-18(16)8-10-2-1-3-11(6-10)12-4-5-17-7-12/h1-7H,8-9H2,(H2,14,15). The zero-order valence-corrected chi connectivity index (χ0v) is 11.3. The summed E-state index contributed by atoms with van der Waals surface area (Å²) in [5, 5.41) is 4.09. The summed E-state index contributed by atoms with van der Waals surface area (Å²) in [6, 6.07) is 9.91. The summed E-state index contributed by atoms with van der Waals surface area (Å²) in [6.07, 6.45) is 0. The fourth-order valence-electron chi connectivity index (χ4n) is 1.66. The molecule has 1 unspecified atom stereocenters. The third kappa shape index (κ3) is 3.51. The predicted molar refractivity (Wildman–Crippen MR) is 75.7 cm³/mol. The zero-order chi connectivity index (χ0) is 13.0. The van der Waals surface area contributed by atoms with E-state index in [-0.39, 0.29) is 5.75 Å². The Morgan fingerprint density at radius 3 is 2.78 bits per heavy atom. The number of primary amides is 1. The van der Waals surface area contributed by atoms with Crippen LogP contribution in [0.4, 0.5) is 0 Å². The van der Waals surface area contributed by atoms with Crippen molar-refractivity contribution in [2.75, 3.05) is 5.75 Å². The van der Waals surface area contributed by atoms with Crippen molar-refractivity contribution in [3.8, 4) is 11.1 Å². The summed E-state index contributed by atoms with van der Waals surface area (Å²) in [4.78, 5) is 10.7. The number of hydrogen-bond donors (Lipinski definition) is 1. The van der Waals surface area contributed by atoms with Gasteiger partial charge >= 0.3 is 0 Å². The molecule has 1 atom stereocenters. The second-order valence-corrected chi connectivity index (χ2v) is 6.14. The van der Waals surface area contributed by atoms with Crippen molar-refractivity contribution < 1.29 is 9.00 Å². The van der Waals surface area contributed by atoms with Crippen LogP contribution in [0.2, 0.25) is 0 Å². The van der Waals surface area contributed by atoms with Gasteiger partial charge in [0, 0.05) is 16.6 Å². The van der Waals surface area contributed by atoms with Crippen LogP contribution in [-0.4, -0.2) is 15.9 Å². The van der Waals surface area contributed by atoms with E-state index in [2.05, 4.69) is 5.38 Å². The van der Waals surface area contributed by atoms with Crippen LogP contribution >= 0.6 is 11.3 Å². The van der Waals surface area contributed by atoms with Gasteiger partial charge in [-0.1, -0.05) is 24.3 Å². The van der Waals surface area contributed by atoms with Crippen LogP contribution in [0.1, 0.15) is 5.56 Å². The lowest BCUT2D eigenvalue weighted by Crippen LogP contribution is -2.20. The van der Waals surface area contributed by atoms with E-state index in [1.54, 1.807) is 11.3 Å². The molecule has 0 saturated heterocycles. The molecule has 0 saturated carbocycles.